The molecule has 0 saturated heterocycles. The van der Waals surface area contributed by atoms with E-state index in [-0.39, 0.29) is 17.5 Å². The molecule has 3 heteroatoms. The molecular formula is C16H22FNO. The average molecular weight is 263 g/mol. The van der Waals surface area contributed by atoms with Crippen LogP contribution >= 0.6 is 0 Å². The van der Waals surface area contributed by atoms with Crippen molar-refractivity contribution in [3.05, 3.63) is 29.6 Å². The Hall–Kier alpha value is -1.09. The molecule has 19 heavy (non-hydrogen) atoms. The lowest BCUT2D eigenvalue weighted by atomic mass is 9.66. The molecule has 1 unspecified atom stereocenters. The van der Waals surface area contributed by atoms with Crippen LogP contribution in [0, 0.1) is 11.2 Å². The second kappa shape index (κ2) is 4.20. The number of nitrogens with two attached hydrogens (primary N) is 1. The molecule has 104 valence electrons. The number of hydrogen-bond acceptors (Lipinski definition) is 2. The minimum atomic E-state index is -0.238. The number of halogens is 1. The van der Waals surface area contributed by atoms with Crippen LogP contribution in [0.4, 0.5) is 4.39 Å². The zero-order valence-corrected chi connectivity index (χ0v) is 11.7. The highest BCUT2D eigenvalue weighted by Crippen LogP contribution is 2.50. The molecule has 2 N–H and O–H groups in total. The Balaban J connectivity index is 1.94. The van der Waals surface area contributed by atoms with Crippen molar-refractivity contribution in [3.8, 4) is 5.75 Å². The molecule has 0 amide bonds. The Labute approximate surface area is 114 Å². The second-order valence-electron chi connectivity index (χ2n) is 6.97. The van der Waals surface area contributed by atoms with Crippen molar-refractivity contribution in [1.82, 2.24) is 0 Å². The van der Waals surface area contributed by atoms with Gasteiger partial charge in [0.2, 0.25) is 0 Å². The van der Waals surface area contributed by atoms with Gasteiger partial charge in [0.15, 0.2) is 0 Å². The Bertz CT molecular complexity index is 500. The van der Waals surface area contributed by atoms with E-state index >= 15 is 0 Å². The normalized spacial score (nSPS) is 32.7. The van der Waals surface area contributed by atoms with Gasteiger partial charge in [-0.25, -0.2) is 4.39 Å². The molecule has 0 radical (unpaired) electrons. The molecule has 1 fully saturated rings. The molecule has 3 rings (SSSR count). The highest BCUT2D eigenvalue weighted by Gasteiger charge is 2.45. The van der Waals surface area contributed by atoms with Gasteiger partial charge in [0.05, 0.1) is 0 Å². The van der Waals surface area contributed by atoms with Crippen LogP contribution in [0.25, 0.3) is 0 Å². The predicted molar refractivity (Wildman–Crippen MR) is 73.6 cm³/mol. The third-order valence-corrected chi connectivity index (χ3v) is 4.58. The second-order valence-corrected chi connectivity index (χ2v) is 6.97. The van der Waals surface area contributed by atoms with Crippen LogP contribution in [0.1, 0.15) is 57.6 Å². The maximum Gasteiger partial charge on any atom is 0.125 e. The predicted octanol–water partition coefficient (Wildman–Crippen LogP) is 3.95. The van der Waals surface area contributed by atoms with E-state index in [9.17, 15) is 4.39 Å². The van der Waals surface area contributed by atoms with Crippen molar-refractivity contribution < 1.29 is 9.13 Å². The number of benzene rings is 1. The van der Waals surface area contributed by atoms with Gasteiger partial charge in [0.25, 0.3) is 0 Å². The van der Waals surface area contributed by atoms with Crippen LogP contribution in [0.15, 0.2) is 18.2 Å². The van der Waals surface area contributed by atoms with Crippen molar-refractivity contribution in [2.45, 2.75) is 57.6 Å². The van der Waals surface area contributed by atoms with Crippen molar-refractivity contribution in [2.24, 2.45) is 11.1 Å². The van der Waals surface area contributed by atoms with Gasteiger partial charge in [-0.05, 0) is 49.3 Å². The summed E-state index contributed by atoms with van der Waals surface area (Å²) < 4.78 is 19.6. The van der Waals surface area contributed by atoms with E-state index in [2.05, 4.69) is 13.8 Å². The van der Waals surface area contributed by atoms with Crippen LogP contribution in [-0.2, 0) is 0 Å². The quantitative estimate of drug-likeness (QED) is 0.769. The van der Waals surface area contributed by atoms with Gasteiger partial charge in [0.1, 0.15) is 17.2 Å². The van der Waals surface area contributed by atoms with Crippen molar-refractivity contribution in [2.75, 3.05) is 0 Å². The maximum atomic E-state index is 13.3. The van der Waals surface area contributed by atoms with Gasteiger partial charge in [-0.3, -0.25) is 0 Å². The zero-order valence-electron chi connectivity index (χ0n) is 11.7. The third kappa shape index (κ3) is 2.36. The zero-order chi connectivity index (χ0) is 13.7. The van der Waals surface area contributed by atoms with E-state index in [1.54, 1.807) is 6.07 Å². The summed E-state index contributed by atoms with van der Waals surface area (Å²) in [5.41, 5.74) is 7.23. The largest absolute Gasteiger partial charge is 0.487 e. The summed E-state index contributed by atoms with van der Waals surface area (Å²) in [7, 11) is 0. The van der Waals surface area contributed by atoms with E-state index in [4.69, 9.17) is 10.5 Å². The van der Waals surface area contributed by atoms with E-state index in [0.717, 1.165) is 30.6 Å². The highest BCUT2D eigenvalue weighted by molar-refractivity contribution is 5.39. The van der Waals surface area contributed by atoms with E-state index in [0.29, 0.717) is 5.41 Å². The van der Waals surface area contributed by atoms with Crippen molar-refractivity contribution in [3.63, 3.8) is 0 Å². The van der Waals surface area contributed by atoms with Crippen molar-refractivity contribution in [1.29, 1.82) is 0 Å². The molecule has 0 aromatic heterocycles. The number of hydrogen-bond donors (Lipinski definition) is 1. The fourth-order valence-electron chi connectivity index (χ4n) is 3.89. The van der Waals surface area contributed by atoms with Crippen LogP contribution in [-0.4, -0.2) is 5.60 Å². The molecule has 2 nitrogen and oxygen atoms in total. The smallest absolute Gasteiger partial charge is 0.125 e. The number of fused-ring (bicyclic) bond motifs is 1. The van der Waals surface area contributed by atoms with Gasteiger partial charge in [-0.2, -0.15) is 0 Å². The van der Waals surface area contributed by atoms with Crippen LogP contribution < -0.4 is 10.5 Å². The van der Waals surface area contributed by atoms with Crippen LogP contribution in [0.5, 0.6) is 5.75 Å². The first-order chi connectivity index (χ1) is 8.89. The fourth-order valence-corrected chi connectivity index (χ4v) is 3.89. The minimum Gasteiger partial charge on any atom is -0.487 e. The Morgan fingerprint density at radius 1 is 1.32 bits per heavy atom. The number of rotatable bonds is 0. The van der Waals surface area contributed by atoms with Gasteiger partial charge < -0.3 is 10.5 Å². The van der Waals surface area contributed by atoms with Gasteiger partial charge in [0, 0.05) is 18.0 Å². The Kier molecular flexibility index (Phi) is 2.86. The first-order valence-electron chi connectivity index (χ1n) is 7.13. The van der Waals surface area contributed by atoms with Crippen molar-refractivity contribution >= 4 is 0 Å². The van der Waals surface area contributed by atoms with Crippen LogP contribution in [0.3, 0.4) is 0 Å². The molecule has 1 aromatic rings. The molecule has 2 aliphatic rings. The monoisotopic (exact) mass is 263 g/mol. The lowest BCUT2D eigenvalue weighted by Crippen LogP contribution is -2.48. The molecule has 0 bridgehead atoms. The van der Waals surface area contributed by atoms with Gasteiger partial charge in [-0.15, -0.1) is 0 Å². The lowest BCUT2D eigenvalue weighted by molar-refractivity contribution is -0.0386. The van der Waals surface area contributed by atoms with E-state index in [1.165, 1.54) is 25.0 Å². The standard InChI is InChI=1S/C16H22FNO/c1-15(2)6-3-7-16(10-15)9-13(18)12-8-11(17)4-5-14(12)19-16/h4-5,8,13H,3,6-7,9-10,18H2,1-2H3/t13-,16?/m1/s1. The summed E-state index contributed by atoms with van der Waals surface area (Å²) in [5, 5.41) is 0. The SMILES string of the molecule is CC1(C)CCCC2(C[C@@H](N)c3cc(F)ccc3O2)C1. The lowest BCUT2D eigenvalue weighted by Gasteiger charge is -2.48. The Morgan fingerprint density at radius 3 is 2.84 bits per heavy atom. The summed E-state index contributed by atoms with van der Waals surface area (Å²) in [6.07, 6.45) is 5.30. The molecule has 1 spiro atoms. The van der Waals surface area contributed by atoms with Gasteiger partial charge >= 0.3 is 0 Å². The third-order valence-electron chi connectivity index (χ3n) is 4.58. The molecule has 1 saturated carbocycles. The average Bonchev–Trinajstić information content (AvgIpc) is 2.29. The minimum absolute atomic E-state index is 0.117. The maximum absolute atomic E-state index is 13.3. The molecule has 1 aliphatic carbocycles. The topological polar surface area (TPSA) is 35.2 Å². The molecule has 1 heterocycles. The molecular weight excluding hydrogens is 241 g/mol. The summed E-state index contributed by atoms with van der Waals surface area (Å²) in [5.74, 6) is 0.538. The van der Waals surface area contributed by atoms with E-state index in [1.807, 2.05) is 0 Å². The molecule has 2 atom stereocenters. The summed E-state index contributed by atoms with van der Waals surface area (Å²) in [6, 6.07) is 4.58. The van der Waals surface area contributed by atoms with E-state index < -0.39 is 0 Å². The summed E-state index contributed by atoms with van der Waals surface area (Å²) in [4.78, 5) is 0. The Morgan fingerprint density at radius 2 is 2.11 bits per heavy atom. The van der Waals surface area contributed by atoms with Gasteiger partial charge in [-0.1, -0.05) is 13.8 Å². The summed E-state index contributed by atoms with van der Waals surface area (Å²) >= 11 is 0. The number of ether oxygens (including phenoxy) is 1. The molecule has 1 aromatic carbocycles. The van der Waals surface area contributed by atoms with Crippen LogP contribution in [0.2, 0.25) is 0 Å². The first-order valence-corrected chi connectivity index (χ1v) is 7.13. The highest BCUT2D eigenvalue weighted by atomic mass is 19.1. The first kappa shape index (κ1) is 12.9. The molecule has 1 aliphatic heterocycles. The summed E-state index contributed by atoms with van der Waals surface area (Å²) in [6.45, 7) is 4.59. The fraction of sp³-hybridized carbons (Fsp3) is 0.625.